The highest BCUT2D eigenvalue weighted by Gasteiger charge is 2.33. The summed E-state index contributed by atoms with van der Waals surface area (Å²) in [6, 6.07) is 5.49. The highest BCUT2D eigenvalue weighted by molar-refractivity contribution is 5.93. The molecule has 0 aromatic heterocycles. The van der Waals surface area contributed by atoms with Crippen molar-refractivity contribution in [1.82, 2.24) is 0 Å². The summed E-state index contributed by atoms with van der Waals surface area (Å²) >= 11 is 0. The Labute approximate surface area is 151 Å². The normalized spacial score (nSPS) is 23.6. The van der Waals surface area contributed by atoms with Gasteiger partial charge >= 0.3 is 0 Å². The number of carbonyl (C=O) groups excluding carboxylic acids is 2. The average molecular weight is 346 g/mol. The molecule has 0 aliphatic heterocycles. The van der Waals surface area contributed by atoms with Gasteiger partial charge in [-0.05, 0) is 62.3 Å². The van der Waals surface area contributed by atoms with E-state index in [0.29, 0.717) is 17.3 Å². The largest absolute Gasteiger partial charge is 0.299 e. The quantitative estimate of drug-likeness (QED) is 0.627. The zero-order chi connectivity index (χ0) is 18.2. The highest BCUT2D eigenvalue weighted by Crippen LogP contribution is 2.42. The van der Waals surface area contributed by atoms with Gasteiger partial charge in [-0.25, -0.2) is 4.39 Å². The summed E-state index contributed by atoms with van der Waals surface area (Å²) in [5.41, 5.74) is 0.543. The van der Waals surface area contributed by atoms with Gasteiger partial charge in [-0.1, -0.05) is 39.0 Å². The van der Waals surface area contributed by atoms with Gasteiger partial charge in [-0.15, -0.1) is 0 Å². The van der Waals surface area contributed by atoms with E-state index in [4.69, 9.17) is 0 Å². The van der Waals surface area contributed by atoms with Gasteiger partial charge in [0.2, 0.25) is 0 Å². The van der Waals surface area contributed by atoms with Crippen molar-refractivity contribution in [3.63, 3.8) is 0 Å². The number of halogens is 1. The van der Waals surface area contributed by atoms with Crippen LogP contribution in [0.4, 0.5) is 4.39 Å². The lowest BCUT2D eigenvalue weighted by atomic mass is 9.79. The first-order chi connectivity index (χ1) is 12.0. The minimum Gasteiger partial charge on any atom is -0.299 e. The number of rotatable bonds is 4. The molecule has 0 saturated heterocycles. The molecule has 2 aliphatic carbocycles. The van der Waals surface area contributed by atoms with E-state index in [1.54, 1.807) is 0 Å². The number of benzene rings is 1. The summed E-state index contributed by atoms with van der Waals surface area (Å²) in [6.45, 7) is 3.46. The maximum Gasteiger partial charge on any atom is 0.159 e. The van der Waals surface area contributed by atoms with Crippen molar-refractivity contribution in [2.75, 3.05) is 0 Å². The summed E-state index contributed by atoms with van der Waals surface area (Å²) in [5, 5.41) is 0. The molecule has 0 unspecified atom stereocenters. The van der Waals surface area contributed by atoms with E-state index >= 15 is 0 Å². The molecule has 0 spiro atoms. The van der Waals surface area contributed by atoms with Crippen molar-refractivity contribution in [2.24, 2.45) is 17.8 Å². The molecule has 2 saturated carbocycles. The number of hydrogen-bond donors (Lipinski definition) is 0. The van der Waals surface area contributed by atoms with Gasteiger partial charge in [0.25, 0.3) is 0 Å². The van der Waals surface area contributed by atoms with E-state index in [2.05, 4.69) is 0 Å². The summed E-state index contributed by atoms with van der Waals surface area (Å²) < 4.78 is 12.2. The Kier molecular flexibility index (Phi) is 7.80. The van der Waals surface area contributed by atoms with Crippen LogP contribution in [0.25, 0.3) is 0 Å². The van der Waals surface area contributed by atoms with Crippen molar-refractivity contribution < 1.29 is 14.0 Å². The van der Waals surface area contributed by atoms with Crippen LogP contribution in [0, 0.1) is 23.6 Å². The molecule has 2 fully saturated rings. The number of hydrogen-bond acceptors (Lipinski definition) is 2. The van der Waals surface area contributed by atoms with Crippen LogP contribution in [-0.4, -0.2) is 11.6 Å². The lowest BCUT2D eigenvalue weighted by molar-refractivity contribution is -0.122. The van der Waals surface area contributed by atoms with Gasteiger partial charge in [-0.3, -0.25) is 9.59 Å². The lowest BCUT2D eigenvalue weighted by Gasteiger charge is -2.27. The second-order valence-electron chi connectivity index (χ2n) is 7.55. The van der Waals surface area contributed by atoms with Crippen LogP contribution in [0.1, 0.15) is 82.0 Å². The molecule has 0 N–H and O–H groups in total. The topological polar surface area (TPSA) is 34.1 Å². The van der Waals surface area contributed by atoms with Gasteiger partial charge in [0.05, 0.1) is 0 Å². The number of carbonyl (C=O) groups is 2. The maximum absolute atomic E-state index is 12.2. The Balaban J connectivity index is 0.000000196. The third-order valence-electron chi connectivity index (χ3n) is 5.84. The van der Waals surface area contributed by atoms with E-state index in [0.717, 1.165) is 18.3 Å². The predicted molar refractivity (Wildman–Crippen MR) is 99.1 cm³/mol. The molecule has 138 valence electrons. The maximum atomic E-state index is 12.2. The van der Waals surface area contributed by atoms with E-state index in [1.807, 2.05) is 6.92 Å². The van der Waals surface area contributed by atoms with Crippen molar-refractivity contribution in [3.05, 3.63) is 35.6 Å². The Morgan fingerprint density at radius 1 is 0.960 bits per heavy atom. The van der Waals surface area contributed by atoms with Crippen molar-refractivity contribution >= 4 is 11.6 Å². The second kappa shape index (κ2) is 9.84. The van der Waals surface area contributed by atoms with Crippen molar-refractivity contribution in [2.45, 2.75) is 71.6 Å². The van der Waals surface area contributed by atoms with Gasteiger partial charge in [0.1, 0.15) is 11.6 Å². The third kappa shape index (κ3) is 6.05. The molecular weight excluding hydrogens is 315 g/mol. The molecule has 3 heteroatoms. The summed E-state index contributed by atoms with van der Waals surface area (Å²) in [6.07, 6.45) is 11.7. The molecule has 0 bridgehead atoms. The minimum absolute atomic E-state index is 0.0417. The van der Waals surface area contributed by atoms with Crippen molar-refractivity contribution in [1.29, 1.82) is 0 Å². The molecular formula is C22H31FO2. The molecule has 3 rings (SSSR count). The Hall–Kier alpha value is -1.51. The van der Waals surface area contributed by atoms with E-state index in [1.165, 1.54) is 82.6 Å². The Morgan fingerprint density at radius 3 is 2.16 bits per heavy atom. The van der Waals surface area contributed by atoms with E-state index < -0.39 is 0 Å². The fourth-order valence-corrected chi connectivity index (χ4v) is 4.32. The van der Waals surface area contributed by atoms with Crippen LogP contribution in [0.2, 0.25) is 0 Å². The summed E-state index contributed by atoms with van der Waals surface area (Å²) in [7, 11) is 0. The lowest BCUT2D eigenvalue weighted by Crippen LogP contribution is -2.17. The molecule has 1 aromatic carbocycles. The van der Waals surface area contributed by atoms with E-state index in [9.17, 15) is 14.0 Å². The van der Waals surface area contributed by atoms with Gasteiger partial charge in [-0.2, -0.15) is 0 Å². The molecule has 2 nitrogen and oxygen atoms in total. The van der Waals surface area contributed by atoms with Crippen LogP contribution < -0.4 is 0 Å². The number of ketones is 2. The van der Waals surface area contributed by atoms with Crippen LogP contribution >= 0.6 is 0 Å². The zero-order valence-corrected chi connectivity index (χ0v) is 15.6. The van der Waals surface area contributed by atoms with Crippen LogP contribution in [0.15, 0.2) is 24.3 Å². The minimum atomic E-state index is -0.315. The standard InChI is InChI=1S/C14H24O.C8H7FO/c1-2-14(15)13-9-8-12(10-13)11-6-4-3-5-7-11;1-6(10)7-2-4-8(9)5-3-7/h11-13H,2-10H2,1H3;2-5H,1H3/t12-,13-;/m0./s1. The summed E-state index contributed by atoms with van der Waals surface area (Å²) in [5.74, 6) is 2.46. The van der Waals surface area contributed by atoms with Crippen LogP contribution in [0.5, 0.6) is 0 Å². The Bertz CT molecular complexity index is 558. The first kappa shape index (κ1) is 19.8. The fraction of sp³-hybridized carbons (Fsp3) is 0.636. The molecule has 0 radical (unpaired) electrons. The monoisotopic (exact) mass is 346 g/mol. The molecule has 0 amide bonds. The summed E-state index contributed by atoms with van der Waals surface area (Å²) in [4.78, 5) is 22.3. The zero-order valence-electron chi connectivity index (χ0n) is 15.6. The van der Waals surface area contributed by atoms with Crippen molar-refractivity contribution in [3.8, 4) is 0 Å². The van der Waals surface area contributed by atoms with Gasteiger partial charge in [0, 0.05) is 17.9 Å². The average Bonchev–Trinajstić information content (AvgIpc) is 3.13. The first-order valence-corrected chi connectivity index (χ1v) is 9.80. The fourth-order valence-electron chi connectivity index (χ4n) is 4.32. The predicted octanol–water partition coefficient (Wildman–Crippen LogP) is 5.99. The van der Waals surface area contributed by atoms with Crippen LogP contribution in [-0.2, 0) is 4.79 Å². The highest BCUT2D eigenvalue weighted by atomic mass is 19.1. The SMILES string of the molecule is CC(=O)c1ccc(F)cc1.CCC(=O)[C@H]1CC[C@H](C2CCCCC2)C1. The van der Waals surface area contributed by atoms with Crippen LogP contribution in [0.3, 0.4) is 0 Å². The van der Waals surface area contributed by atoms with Gasteiger partial charge < -0.3 is 0 Å². The molecule has 1 aromatic rings. The van der Waals surface area contributed by atoms with Gasteiger partial charge in [0.15, 0.2) is 5.78 Å². The number of Topliss-reactive ketones (excluding diaryl/α,β-unsaturated/α-hetero) is 2. The second-order valence-corrected chi connectivity index (χ2v) is 7.55. The molecule has 0 heterocycles. The first-order valence-electron chi connectivity index (χ1n) is 9.80. The smallest absolute Gasteiger partial charge is 0.159 e. The molecule has 25 heavy (non-hydrogen) atoms. The molecule has 2 aliphatic rings. The third-order valence-corrected chi connectivity index (χ3v) is 5.84. The Morgan fingerprint density at radius 2 is 1.60 bits per heavy atom. The molecule has 2 atom stereocenters. The van der Waals surface area contributed by atoms with E-state index in [-0.39, 0.29) is 11.6 Å².